The summed E-state index contributed by atoms with van der Waals surface area (Å²) in [5.41, 5.74) is 0.209. The van der Waals surface area contributed by atoms with Gasteiger partial charge in [0.1, 0.15) is 6.10 Å². The van der Waals surface area contributed by atoms with Crippen molar-refractivity contribution < 1.29 is 19.6 Å². The second-order valence-electron chi connectivity index (χ2n) is 3.13. The molecule has 0 aromatic heterocycles. The fraction of sp³-hybridized carbons (Fsp3) is 0.222. The van der Waals surface area contributed by atoms with Gasteiger partial charge in [-0.3, -0.25) is 10.1 Å². The van der Waals surface area contributed by atoms with Gasteiger partial charge in [-0.05, 0) is 6.07 Å². The topological polar surface area (TPSA) is 93.0 Å². The van der Waals surface area contributed by atoms with E-state index in [-0.39, 0.29) is 5.69 Å². The zero-order valence-electron chi connectivity index (χ0n) is 7.49. The number of benzene rings is 1. The van der Waals surface area contributed by atoms with Crippen molar-refractivity contribution in [1.29, 1.82) is 0 Å². The molecule has 6 heteroatoms. The Bertz CT molecular complexity index is 430. The Hall–Kier alpha value is -1.95. The number of carboxylic acid groups (broad SMARTS) is 1. The Morgan fingerprint density at radius 1 is 1.47 bits per heavy atom. The van der Waals surface area contributed by atoms with Crippen molar-refractivity contribution in [3.05, 3.63) is 39.9 Å². The first-order valence-corrected chi connectivity index (χ1v) is 4.23. The number of hydrogen-bond donors (Lipinski definition) is 1. The molecule has 0 spiro atoms. The summed E-state index contributed by atoms with van der Waals surface area (Å²) >= 11 is 0. The molecule has 0 radical (unpaired) electrons. The normalized spacial score (nSPS) is 23.5. The van der Waals surface area contributed by atoms with Crippen molar-refractivity contribution in [1.82, 2.24) is 0 Å². The Morgan fingerprint density at radius 2 is 2.13 bits per heavy atom. The zero-order valence-corrected chi connectivity index (χ0v) is 7.49. The molecule has 1 N–H and O–H groups in total. The summed E-state index contributed by atoms with van der Waals surface area (Å²) in [5.74, 6) is -1.10. The van der Waals surface area contributed by atoms with Crippen molar-refractivity contribution in [2.75, 3.05) is 0 Å². The van der Waals surface area contributed by atoms with E-state index in [0.717, 1.165) is 0 Å². The number of aliphatic carboxylic acids is 1. The van der Waals surface area contributed by atoms with Crippen molar-refractivity contribution >= 4 is 11.7 Å². The lowest BCUT2D eigenvalue weighted by Gasteiger charge is -1.97. The third-order valence-corrected chi connectivity index (χ3v) is 2.17. The molecule has 1 saturated heterocycles. The first-order valence-electron chi connectivity index (χ1n) is 4.23. The molecule has 0 unspecified atom stereocenters. The molecule has 2 atom stereocenters. The van der Waals surface area contributed by atoms with E-state index in [1.54, 1.807) is 6.07 Å². The molecule has 0 amide bonds. The number of nitrogens with zero attached hydrogens (tertiary/aromatic N) is 1. The number of para-hydroxylation sites is 1. The number of nitro groups is 1. The maximum Gasteiger partial charge on any atom is 0.335 e. The van der Waals surface area contributed by atoms with Crippen molar-refractivity contribution in [3.63, 3.8) is 0 Å². The molecule has 0 saturated carbocycles. The fourth-order valence-corrected chi connectivity index (χ4v) is 1.43. The predicted molar refractivity (Wildman–Crippen MR) is 48.3 cm³/mol. The highest BCUT2D eigenvalue weighted by Gasteiger charge is 2.49. The SMILES string of the molecule is O=C(O)[C@@H]1O[C@H]1c1ccccc1[N+](=O)[O-]. The van der Waals surface area contributed by atoms with Gasteiger partial charge in [-0.1, -0.05) is 12.1 Å². The smallest absolute Gasteiger partial charge is 0.335 e. The van der Waals surface area contributed by atoms with Crippen LogP contribution < -0.4 is 0 Å². The van der Waals surface area contributed by atoms with E-state index in [0.29, 0.717) is 5.56 Å². The molecule has 1 aromatic rings. The summed E-state index contributed by atoms with van der Waals surface area (Å²) in [5, 5.41) is 19.3. The molecule has 2 rings (SSSR count). The van der Waals surface area contributed by atoms with Gasteiger partial charge in [0, 0.05) is 6.07 Å². The Kier molecular flexibility index (Phi) is 2.12. The lowest BCUT2D eigenvalue weighted by molar-refractivity contribution is -0.385. The maximum atomic E-state index is 10.6. The average Bonchev–Trinajstić information content (AvgIpc) is 2.97. The lowest BCUT2D eigenvalue weighted by Crippen LogP contribution is -2.05. The first-order chi connectivity index (χ1) is 7.11. The second-order valence-corrected chi connectivity index (χ2v) is 3.13. The standard InChI is InChI=1S/C9H7NO5/c11-9(12)8-7(15-8)5-3-1-2-4-6(5)10(13)14/h1-4,7-8H,(H,11,12)/t7-,8+/m0/s1. The number of rotatable bonds is 3. The number of hydrogen-bond acceptors (Lipinski definition) is 4. The van der Waals surface area contributed by atoms with Crippen LogP contribution in [0.4, 0.5) is 5.69 Å². The van der Waals surface area contributed by atoms with Gasteiger partial charge in [0.25, 0.3) is 5.69 Å². The Balaban J connectivity index is 2.30. The van der Waals surface area contributed by atoms with Gasteiger partial charge in [0.15, 0.2) is 6.10 Å². The summed E-state index contributed by atoms with van der Waals surface area (Å²) in [6.45, 7) is 0. The van der Waals surface area contributed by atoms with Gasteiger partial charge >= 0.3 is 5.97 Å². The van der Waals surface area contributed by atoms with E-state index >= 15 is 0 Å². The second kappa shape index (κ2) is 3.32. The van der Waals surface area contributed by atoms with Crippen LogP contribution in [0.1, 0.15) is 11.7 Å². The molecular formula is C9H7NO5. The maximum absolute atomic E-state index is 10.6. The van der Waals surface area contributed by atoms with Crippen LogP contribution in [0.5, 0.6) is 0 Å². The van der Waals surface area contributed by atoms with Crippen LogP contribution in [-0.4, -0.2) is 22.1 Å². The number of epoxide rings is 1. The van der Waals surface area contributed by atoms with Crippen LogP contribution in [0, 0.1) is 10.1 Å². The molecule has 1 fully saturated rings. The van der Waals surface area contributed by atoms with Crippen molar-refractivity contribution in [2.24, 2.45) is 0 Å². The first kappa shape index (κ1) is 9.60. The molecule has 15 heavy (non-hydrogen) atoms. The molecule has 6 nitrogen and oxygen atoms in total. The highest BCUT2D eigenvalue weighted by atomic mass is 16.6. The van der Waals surface area contributed by atoms with Crippen LogP contribution in [0.25, 0.3) is 0 Å². The summed E-state index contributed by atoms with van der Waals surface area (Å²) in [6, 6.07) is 5.98. The van der Waals surface area contributed by atoms with E-state index < -0.39 is 23.1 Å². The van der Waals surface area contributed by atoms with Crippen LogP contribution >= 0.6 is 0 Å². The minimum Gasteiger partial charge on any atom is -0.479 e. The zero-order chi connectivity index (χ0) is 11.0. The molecule has 0 aliphatic carbocycles. The number of nitro benzene ring substituents is 1. The van der Waals surface area contributed by atoms with E-state index in [2.05, 4.69) is 0 Å². The van der Waals surface area contributed by atoms with Gasteiger partial charge in [-0.25, -0.2) is 4.79 Å². The van der Waals surface area contributed by atoms with Gasteiger partial charge < -0.3 is 9.84 Å². The highest BCUT2D eigenvalue weighted by Crippen LogP contribution is 2.42. The fourth-order valence-electron chi connectivity index (χ4n) is 1.43. The van der Waals surface area contributed by atoms with Crippen LogP contribution in [-0.2, 0) is 9.53 Å². The van der Waals surface area contributed by atoms with Crippen LogP contribution in [0.2, 0.25) is 0 Å². The largest absolute Gasteiger partial charge is 0.479 e. The molecular weight excluding hydrogens is 202 g/mol. The van der Waals surface area contributed by atoms with E-state index in [1.807, 2.05) is 0 Å². The van der Waals surface area contributed by atoms with Gasteiger partial charge in [0.2, 0.25) is 0 Å². The predicted octanol–water partition coefficient (Wildman–Crippen LogP) is 1.12. The number of carbonyl (C=O) groups is 1. The molecule has 1 aliphatic rings. The number of carboxylic acids is 1. The molecule has 0 bridgehead atoms. The molecule has 1 heterocycles. The third-order valence-electron chi connectivity index (χ3n) is 2.17. The van der Waals surface area contributed by atoms with Gasteiger partial charge in [-0.15, -0.1) is 0 Å². The third kappa shape index (κ3) is 1.66. The number of ether oxygens (including phenoxy) is 1. The summed E-state index contributed by atoms with van der Waals surface area (Å²) < 4.78 is 4.85. The van der Waals surface area contributed by atoms with Crippen molar-refractivity contribution in [3.8, 4) is 0 Å². The monoisotopic (exact) mass is 209 g/mol. The Morgan fingerprint density at radius 3 is 2.67 bits per heavy atom. The highest BCUT2D eigenvalue weighted by molar-refractivity contribution is 5.76. The van der Waals surface area contributed by atoms with Gasteiger partial charge in [0.05, 0.1) is 10.5 Å². The van der Waals surface area contributed by atoms with E-state index in [1.165, 1.54) is 18.2 Å². The van der Waals surface area contributed by atoms with E-state index in [9.17, 15) is 14.9 Å². The van der Waals surface area contributed by atoms with Gasteiger partial charge in [-0.2, -0.15) is 0 Å². The minimum atomic E-state index is -1.10. The minimum absolute atomic E-state index is 0.105. The molecule has 78 valence electrons. The van der Waals surface area contributed by atoms with Crippen LogP contribution in [0.15, 0.2) is 24.3 Å². The average molecular weight is 209 g/mol. The summed E-state index contributed by atoms with van der Waals surface area (Å²) in [6.07, 6.45) is -1.64. The quantitative estimate of drug-likeness (QED) is 0.457. The van der Waals surface area contributed by atoms with E-state index in [4.69, 9.17) is 9.84 Å². The molecule has 1 aliphatic heterocycles. The Labute approximate surface area is 84.2 Å². The lowest BCUT2D eigenvalue weighted by atomic mass is 10.1. The molecule has 1 aromatic carbocycles. The summed E-state index contributed by atoms with van der Waals surface area (Å²) in [7, 11) is 0. The van der Waals surface area contributed by atoms with Crippen molar-refractivity contribution in [2.45, 2.75) is 12.2 Å². The van der Waals surface area contributed by atoms with Crippen LogP contribution in [0.3, 0.4) is 0 Å². The summed E-state index contributed by atoms with van der Waals surface area (Å²) in [4.78, 5) is 20.6.